The minimum Gasteiger partial charge on any atom is -0.359 e. The molecule has 5 nitrogen and oxygen atoms in total. The van der Waals surface area contributed by atoms with Crippen molar-refractivity contribution < 1.29 is 0 Å². The van der Waals surface area contributed by atoms with Crippen LogP contribution in [0.4, 0.5) is 0 Å². The van der Waals surface area contributed by atoms with Crippen molar-refractivity contribution in [2.75, 3.05) is 14.1 Å². The fourth-order valence-corrected chi connectivity index (χ4v) is 1.37. The second kappa shape index (κ2) is 7.11. The van der Waals surface area contributed by atoms with Gasteiger partial charge < -0.3 is 15.2 Å². The van der Waals surface area contributed by atoms with Gasteiger partial charge in [0.2, 0.25) is 0 Å². The van der Waals surface area contributed by atoms with E-state index in [2.05, 4.69) is 15.6 Å². The number of aromatic nitrogens is 1. The molecule has 0 aliphatic heterocycles. The molecule has 0 aromatic carbocycles. The zero-order valence-electron chi connectivity index (χ0n) is 10.6. The summed E-state index contributed by atoms with van der Waals surface area (Å²) < 4.78 is 1.64. The number of guanidine groups is 1. The van der Waals surface area contributed by atoms with Gasteiger partial charge in [-0.15, -0.1) is 17.0 Å². The van der Waals surface area contributed by atoms with Gasteiger partial charge >= 0.3 is 0 Å². The van der Waals surface area contributed by atoms with Gasteiger partial charge in [-0.2, -0.15) is 0 Å². The van der Waals surface area contributed by atoms with Crippen LogP contribution in [0.3, 0.4) is 0 Å². The molecule has 0 unspecified atom stereocenters. The van der Waals surface area contributed by atoms with Gasteiger partial charge in [0, 0.05) is 38.9 Å². The molecule has 1 heterocycles. The Morgan fingerprint density at radius 3 is 2.65 bits per heavy atom. The minimum absolute atomic E-state index is 0. The van der Waals surface area contributed by atoms with Gasteiger partial charge in [0.15, 0.2) is 5.96 Å². The standard InChI is InChI=1S/C11H18N4O.BrH/c1-8-5-6-9(10(16)15(8)4)7-14-11(12-2)13-3;/h5-6H,7H2,1-4H3,(H2,12,13,14);1H. The summed E-state index contributed by atoms with van der Waals surface area (Å²) in [4.78, 5) is 15.8. The molecule has 2 N–H and O–H groups in total. The van der Waals surface area contributed by atoms with Crippen molar-refractivity contribution in [1.82, 2.24) is 15.2 Å². The molecule has 17 heavy (non-hydrogen) atoms. The zero-order valence-corrected chi connectivity index (χ0v) is 12.3. The zero-order chi connectivity index (χ0) is 12.1. The Morgan fingerprint density at radius 2 is 2.12 bits per heavy atom. The van der Waals surface area contributed by atoms with Crippen molar-refractivity contribution in [3.8, 4) is 0 Å². The Kier molecular flexibility index (Phi) is 6.57. The van der Waals surface area contributed by atoms with Crippen LogP contribution in [0.5, 0.6) is 0 Å². The highest BCUT2D eigenvalue weighted by Gasteiger charge is 2.03. The van der Waals surface area contributed by atoms with Gasteiger partial charge in [0.05, 0.1) is 0 Å². The maximum Gasteiger partial charge on any atom is 0.255 e. The first-order valence-electron chi connectivity index (χ1n) is 5.14. The Bertz CT molecular complexity index is 453. The maximum absolute atomic E-state index is 11.8. The molecular formula is C11H19BrN4O. The number of hydrogen-bond donors (Lipinski definition) is 2. The lowest BCUT2D eigenvalue weighted by atomic mass is 10.2. The molecular weight excluding hydrogens is 284 g/mol. The number of aryl methyl sites for hydroxylation is 1. The second-order valence-electron chi connectivity index (χ2n) is 3.54. The van der Waals surface area contributed by atoms with E-state index in [-0.39, 0.29) is 22.5 Å². The van der Waals surface area contributed by atoms with E-state index >= 15 is 0 Å². The average Bonchev–Trinajstić information content (AvgIpc) is 2.30. The summed E-state index contributed by atoms with van der Waals surface area (Å²) in [6.45, 7) is 2.38. The minimum atomic E-state index is 0. The number of nitrogens with zero attached hydrogens (tertiary/aromatic N) is 2. The number of nitrogens with one attached hydrogen (secondary N) is 2. The van der Waals surface area contributed by atoms with E-state index in [0.29, 0.717) is 12.5 Å². The van der Waals surface area contributed by atoms with Gasteiger partial charge in [-0.25, -0.2) is 0 Å². The number of rotatable bonds is 2. The topological polar surface area (TPSA) is 58.4 Å². The summed E-state index contributed by atoms with van der Waals surface area (Å²) >= 11 is 0. The predicted molar refractivity (Wildman–Crippen MR) is 76.0 cm³/mol. The van der Waals surface area contributed by atoms with Crippen LogP contribution in [0.15, 0.2) is 21.9 Å². The van der Waals surface area contributed by atoms with Crippen LogP contribution < -0.4 is 16.2 Å². The summed E-state index contributed by atoms with van der Waals surface area (Å²) in [6, 6.07) is 3.77. The van der Waals surface area contributed by atoms with Crippen molar-refractivity contribution in [3.05, 3.63) is 33.7 Å². The number of pyridine rings is 1. The van der Waals surface area contributed by atoms with Crippen molar-refractivity contribution in [1.29, 1.82) is 0 Å². The van der Waals surface area contributed by atoms with Crippen LogP contribution in [0.25, 0.3) is 0 Å². The molecule has 1 rings (SSSR count). The molecule has 96 valence electrons. The maximum atomic E-state index is 11.8. The summed E-state index contributed by atoms with van der Waals surface area (Å²) in [5.41, 5.74) is 1.70. The summed E-state index contributed by atoms with van der Waals surface area (Å²) in [6.07, 6.45) is 0. The van der Waals surface area contributed by atoms with Gasteiger partial charge in [-0.1, -0.05) is 6.07 Å². The third-order valence-corrected chi connectivity index (χ3v) is 2.54. The van der Waals surface area contributed by atoms with Gasteiger partial charge in [0.25, 0.3) is 5.56 Å². The van der Waals surface area contributed by atoms with Gasteiger partial charge in [-0.3, -0.25) is 9.79 Å². The molecule has 0 amide bonds. The van der Waals surface area contributed by atoms with Crippen LogP contribution in [0.1, 0.15) is 11.3 Å². The van der Waals surface area contributed by atoms with E-state index in [1.165, 1.54) is 0 Å². The van der Waals surface area contributed by atoms with E-state index in [1.54, 1.807) is 25.7 Å². The first-order valence-corrected chi connectivity index (χ1v) is 5.14. The Hall–Kier alpha value is -1.30. The first kappa shape index (κ1) is 15.7. The van der Waals surface area contributed by atoms with Gasteiger partial charge in [-0.05, 0) is 13.0 Å². The van der Waals surface area contributed by atoms with Crippen LogP contribution in [0, 0.1) is 6.92 Å². The van der Waals surface area contributed by atoms with E-state index in [9.17, 15) is 4.79 Å². The first-order chi connectivity index (χ1) is 7.60. The molecule has 0 bridgehead atoms. The highest BCUT2D eigenvalue weighted by Crippen LogP contribution is 1.96. The van der Waals surface area contributed by atoms with Gasteiger partial charge in [0.1, 0.15) is 0 Å². The molecule has 1 aromatic rings. The van der Waals surface area contributed by atoms with Crippen LogP contribution >= 0.6 is 17.0 Å². The number of halogens is 1. The Balaban J connectivity index is 0.00000256. The Labute approximate surface area is 112 Å². The molecule has 0 fully saturated rings. The number of hydrogen-bond acceptors (Lipinski definition) is 2. The molecule has 0 aliphatic rings. The predicted octanol–water partition coefficient (Wildman–Crippen LogP) is 0.566. The lowest BCUT2D eigenvalue weighted by molar-refractivity contribution is 0.772. The fraction of sp³-hybridized carbons (Fsp3) is 0.455. The lowest BCUT2D eigenvalue weighted by Gasteiger charge is -2.10. The van der Waals surface area contributed by atoms with Crippen molar-refractivity contribution in [3.63, 3.8) is 0 Å². The molecule has 0 spiro atoms. The van der Waals surface area contributed by atoms with E-state index in [4.69, 9.17) is 0 Å². The smallest absolute Gasteiger partial charge is 0.255 e. The summed E-state index contributed by atoms with van der Waals surface area (Å²) in [7, 11) is 5.24. The third-order valence-electron chi connectivity index (χ3n) is 2.54. The lowest BCUT2D eigenvalue weighted by Crippen LogP contribution is -2.36. The monoisotopic (exact) mass is 302 g/mol. The van der Waals surface area contributed by atoms with Crippen molar-refractivity contribution in [2.24, 2.45) is 12.0 Å². The quantitative estimate of drug-likeness (QED) is 0.620. The molecule has 0 saturated heterocycles. The summed E-state index contributed by atoms with van der Waals surface area (Å²) in [5.74, 6) is 0.669. The highest BCUT2D eigenvalue weighted by atomic mass is 79.9. The molecule has 1 aromatic heterocycles. The normalized spacial score (nSPS) is 10.7. The van der Waals surface area contributed by atoms with Crippen LogP contribution in [-0.2, 0) is 13.6 Å². The largest absolute Gasteiger partial charge is 0.359 e. The second-order valence-corrected chi connectivity index (χ2v) is 3.54. The Morgan fingerprint density at radius 1 is 1.47 bits per heavy atom. The summed E-state index contributed by atoms with van der Waals surface area (Å²) in [5, 5.41) is 5.95. The van der Waals surface area contributed by atoms with Crippen molar-refractivity contribution >= 4 is 22.9 Å². The molecule has 0 saturated carbocycles. The van der Waals surface area contributed by atoms with Crippen molar-refractivity contribution in [2.45, 2.75) is 13.5 Å². The fourth-order valence-electron chi connectivity index (χ4n) is 1.37. The van der Waals surface area contributed by atoms with Crippen LogP contribution in [0.2, 0.25) is 0 Å². The van der Waals surface area contributed by atoms with E-state index in [1.807, 2.05) is 19.1 Å². The molecule has 6 heteroatoms. The average molecular weight is 303 g/mol. The third kappa shape index (κ3) is 3.89. The van der Waals surface area contributed by atoms with E-state index < -0.39 is 0 Å². The molecule has 0 atom stereocenters. The molecule has 0 aliphatic carbocycles. The van der Waals surface area contributed by atoms with E-state index in [0.717, 1.165) is 11.3 Å². The molecule has 0 radical (unpaired) electrons. The number of aliphatic imine (C=N–C) groups is 1. The highest BCUT2D eigenvalue weighted by molar-refractivity contribution is 8.93. The SMILES string of the molecule is Br.CN=C(NC)NCc1ccc(C)n(C)c1=O. The van der Waals surface area contributed by atoms with Crippen LogP contribution in [-0.4, -0.2) is 24.6 Å².